The van der Waals surface area contributed by atoms with Crippen molar-refractivity contribution in [1.82, 2.24) is 0 Å². The van der Waals surface area contributed by atoms with Gasteiger partial charge in [0, 0.05) is 17.0 Å². The lowest BCUT2D eigenvalue weighted by molar-refractivity contribution is 0.411. The highest BCUT2D eigenvalue weighted by Crippen LogP contribution is 2.46. The van der Waals surface area contributed by atoms with Gasteiger partial charge in [-0.1, -0.05) is 72.8 Å². The van der Waals surface area contributed by atoms with Crippen LogP contribution in [0.15, 0.2) is 91.0 Å². The standard InChI is InChI=1S/C29H24O3/c1-18-17-21(13-16-26(18)32-2)27(28-22-9-5-3-7-19(22)11-14-24(28)30)29-23-10-6-4-8-20(23)12-15-25(29)31/h3-17,27,30-31H,1-2H3. The summed E-state index contributed by atoms with van der Waals surface area (Å²) in [5.41, 5.74) is 3.52. The zero-order valence-corrected chi connectivity index (χ0v) is 18.0. The topological polar surface area (TPSA) is 49.7 Å². The Hall–Kier alpha value is -3.98. The summed E-state index contributed by atoms with van der Waals surface area (Å²) in [5.74, 6) is 0.831. The van der Waals surface area contributed by atoms with Gasteiger partial charge in [0.05, 0.1) is 7.11 Å². The zero-order chi connectivity index (χ0) is 22.2. The highest BCUT2D eigenvalue weighted by molar-refractivity contribution is 5.93. The van der Waals surface area contributed by atoms with E-state index in [4.69, 9.17) is 4.74 Å². The summed E-state index contributed by atoms with van der Waals surface area (Å²) in [5, 5.41) is 26.2. The van der Waals surface area contributed by atoms with Crippen molar-refractivity contribution >= 4 is 21.5 Å². The Labute approximate surface area is 187 Å². The van der Waals surface area contributed by atoms with Gasteiger partial charge in [-0.2, -0.15) is 0 Å². The smallest absolute Gasteiger partial charge is 0.121 e. The molecular formula is C29H24O3. The number of rotatable bonds is 4. The van der Waals surface area contributed by atoms with Crippen LogP contribution in [0.4, 0.5) is 0 Å². The second-order valence-corrected chi connectivity index (χ2v) is 8.10. The third kappa shape index (κ3) is 3.23. The molecule has 2 N–H and O–H groups in total. The minimum atomic E-state index is -0.378. The number of phenols is 2. The molecule has 0 unspecified atom stereocenters. The monoisotopic (exact) mass is 420 g/mol. The van der Waals surface area contributed by atoms with Crippen molar-refractivity contribution in [2.45, 2.75) is 12.8 Å². The quantitative estimate of drug-likeness (QED) is 0.311. The first kappa shape index (κ1) is 20.0. The second-order valence-electron chi connectivity index (χ2n) is 8.10. The predicted octanol–water partition coefficient (Wildman–Crippen LogP) is 6.90. The van der Waals surface area contributed by atoms with Crippen molar-refractivity contribution in [1.29, 1.82) is 0 Å². The van der Waals surface area contributed by atoms with Gasteiger partial charge in [-0.05, 0) is 57.8 Å². The van der Waals surface area contributed by atoms with Crippen molar-refractivity contribution < 1.29 is 14.9 Å². The van der Waals surface area contributed by atoms with Crippen LogP contribution in [0.25, 0.3) is 21.5 Å². The Morgan fingerprint density at radius 2 is 1.19 bits per heavy atom. The number of aromatic hydroxyl groups is 2. The third-order valence-electron chi connectivity index (χ3n) is 6.22. The molecule has 158 valence electrons. The van der Waals surface area contributed by atoms with Crippen molar-refractivity contribution in [3.8, 4) is 17.2 Å². The van der Waals surface area contributed by atoms with Crippen molar-refractivity contribution in [2.75, 3.05) is 7.11 Å². The molecule has 5 rings (SSSR count). The van der Waals surface area contributed by atoms with Gasteiger partial charge in [0.15, 0.2) is 0 Å². The summed E-state index contributed by atoms with van der Waals surface area (Å²) in [7, 11) is 1.66. The number of benzene rings is 5. The summed E-state index contributed by atoms with van der Waals surface area (Å²) in [4.78, 5) is 0. The molecule has 0 atom stereocenters. The van der Waals surface area contributed by atoms with Crippen LogP contribution < -0.4 is 4.74 Å². The van der Waals surface area contributed by atoms with E-state index in [1.807, 2.05) is 79.7 Å². The fourth-order valence-corrected chi connectivity index (χ4v) is 4.73. The molecule has 3 heteroatoms. The van der Waals surface area contributed by atoms with Gasteiger partial charge in [0.2, 0.25) is 0 Å². The van der Waals surface area contributed by atoms with E-state index in [1.54, 1.807) is 19.2 Å². The highest BCUT2D eigenvalue weighted by atomic mass is 16.5. The zero-order valence-electron chi connectivity index (χ0n) is 18.0. The molecule has 0 aliphatic rings. The fourth-order valence-electron chi connectivity index (χ4n) is 4.73. The lowest BCUT2D eigenvalue weighted by Crippen LogP contribution is -2.07. The number of fused-ring (bicyclic) bond motifs is 2. The van der Waals surface area contributed by atoms with E-state index in [-0.39, 0.29) is 17.4 Å². The van der Waals surface area contributed by atoms with E-state index >= 15 is 0 Å². The molecule has 0 bridgehead atoms. The SMILES string of the molecule is COc1ccc(C(c2c(O)ccc3ccccc23)c2c(O)ccc3ccccc23)cc1C. The molecule has 3 nitrogen and oxygen atoms in total. The van der Waals surface area contributed by atoms with Crippen molar-refractivity contribution in [3.63, 3.8) is 0 Å². The van der Waals surface area contributed by atoms with E-state index in [0.29, 0.717) is 0 Å². The summed E-state index contributed by atoms with van der Waals surface area (Å²) in [6, 6.07) is 29.4. The number of ether oxygens (including phenoxy) is 1. The van der Waals surface area contributed by atoms with Crippen LogP contribution in [0, 0.1) is 6.92 Å². The van der Waals surface area contributed by atoms with Gasteiger partial charge in [-0.3, -0.25) is 0 Å². The maximum absolute atomic E-state index is 11.1. The molecule has 0 heterocycles. The van der Waals surface area contributed by atoms with Crippen LogP contribution in [-0.2, 0) is 0 Å². The van der Waals surface area contributed by atoms with E-state index in [9.17, 15) is 10.2 Å². The number of phenolic OH excluding ortho intramolecular Hbond substituents is 2. The van der Waals surface area contributed by atoms with Crippen LogP contribution in [0.3, 0.4) is 0 Å². The van der Waals surface area contributed by atoms with Gasteiger partial charge in [-0.15, -0.1) is 0 Å². The molecule has 0 amide bonds. The lowest BCUT2D eigenvalue weighted by atomic mass is 9.79. The van der Waals surface area contributed by atoms with Crippen LogP contribution >= 0.6 is 0 Å². The third-order valence-corrected chi connectivity index (χ3v) is 6.22. The van der Waals surface area contributed by atoms with Gasteiger partial charge in [0.25, 0.3) is 0 Å². The summed E-state index contributed by atoms with van der Waals surface area (Å²) < 4.78 is 5.48. The minimum Gasteiger partial charge on any atom is -0.508 e. The maximum Gasteiger partial charge on any atom is 0.121 e. The maximum atomic E-state index is 11.1. The Balaban J connectivity index is 1.91. The molecule has 0 radical (unpaired) electrons. The minimum absolute atomic E-state index is 0.203. The fraction of sp³-hybridized carbons (Fsp3) is 0.103. The average Bonchev–Trinajstić information content (AvgIpc) is 2.82. The molecule has 0 saturated heterocycles. The first-order valence-corrected chi connectivity index (χ1v) is 10.6. The number of aryl methyl sites for hydroxylation is 1. The lowest BCUT2D eigenvalue weighted by Gasteiger charge is -2.25. The second kappa shape index (κ2) is 7.93. The molecule has 0 fully saturated rings. The first-order chi connectivity index (χ1) is 15.6. The molecule has 0 aromatic heterocycles. The normalized spacial score (nSPS) is 11.3. The Kier molecular flexibility index (Phi) is 4.95. The van der Waals surface area contributed by atoms with E-state index in [0.717, 1.165) is 49.5 Å². The largest absolute Gasteiger partial charge is 0.508 e. The molecule has 0 spiro atoms. The van der Waals surface area contributed by atoms with E-state index in [1.165, 1.54) is 0 Å². The van der Waals surface area contributed by atoms with Crippen LogP contribution in [0.5, 0.6) is 17.2 Å². The average molecular weight is 421 g/mol. The van der Waals surface area contributed by atoms with Crippen LogP contribution in [0.2, 0.25) is 0 Å². The van der Waals surface area contributed by atoms with Crippen molar-refractivity contribution in [3.05, 3.63) is 113 Å². The number of hydrogen-bond acceptors (Lipinski definition) is 3. The predicted molar refractivity (Wildman–Crippen MR) is 130 cm³/mol. The van der Waals surface area contributed by atoms with Crippen LogP contribution in [-0.4, -0.2) is 17.3 Å². The molecule has 0 saturated carbocycles. The van der Waals surface area contributed by atoms with Crippen molar-refractivity contribution in [2.24, 2.45) is 0 Å². The van der Waals surface area contributed by atoms with Crippen LogP contribution in [0.1, 0.15) is 28.2 Å². The van der Waals surface area contributed by atoms with Gasteiger partial charge in [-0.25, -0.2) is 0 Å². The Morgan fingerprint density at radius 3 is 1.69 bits per heavy atom. The summed E-state index contributed by atoms with van der Waals surface area (Å²) in [6.45, 7) is 2.01. The molecular weight excluding hydrogens is 396 g/mol. The summed E-state index contributed by atoms with van der Waals surface area (Å²) in [6.07, 6.45) is 0. The highest BCUT2D eigenvalue weighted by Gasteiger charge is 2.27. The number of hydrogen-bond donors (Lipinski definition) is 2. The molecule has 32 heavy (non-hydrogen) atoms. The van der Waals surface area contributed by atoms with Gasteiger partial charge in [0.1, 0.15) is 17.2 Å². The van der Waals surface area contributed by atoms with E-state index in [2.05, 4.69) is 6.07 Å². The van der Waals surface area contributed by atoms with Gasteiger partial charge >= 0.3 is 0 Å². The molecule has 5 aromatic carbocycles. The molecule has 0 aliphatic heterocycles. The molecule has 0 aliphatic carbocycles. The number of methoxy groups -OCH3 is 1. The Bertz CT molecular complexity index is 1370. The van der Waals surface area contributed by atoms with E-state index < -0.39 is 0 Å². The van der Waals surface area contributed by atoms with Gasteiger partial charge < -0.3 is 14.9 Å². The first-order valence-electron chi connectivity index (χ1n) is 10.6. The molecule has 5 aromatic rings. The summed E-state index contributed by atoms with van der Waals surface area (Å²) >= 11 is 0. The Morgan fingerprint density at radius 1 is 0.656 bits per heavy atom.